The first kappa shape index (κ1) is 28.3. The first-order valence-electron chi connectivity index (χ1n) is 14.9. The van der Waals surface area contributed by atoms with Crippen molar-refractivity contribution in [2.45, 2.75) is 84.7 Å². The fraction of sp³-hybridized carbons (Fsp3) is 0.613. The van der Waals surface area contributed by atoms with Gasteiger partial charge < -0.3 is 20.1 Å². The Labute approximate surface area is 238 Å². The monoisotopic (exact) mass is 546 g/mol. The maximum atomic E-state index is 12.7. The lowest BCUT2D eigenvalue weighted by Gasteiger charge is -2.42. The lowest BCUT2D eigenvalue weighted by molar-refractivity contribution is 0.0833. The molecule has 1 aliphatic carbocycles. The number of hydrogen-bond donors (Lipinski definition) is 2. The standard InChI is InChI=1S/C31H46N8O/c1-22(38-17-16-37(23(2)20-38)15-14-30(3,4)5)10-11-26(32-6)35-29-33-19-24-18-25-28(40)34-21-31(12-8-7-9-13-31)39(25)27(24)36-29/h10-11,18-19,23H,6-9,12-17,20-21H2,1-5H3,(H,34,40)(H,33,35,36)/b22-10+,26-11+/t23-/m0/s1. The summed E-state index contributed by atoms with van der Waals surface area (Å²) >= 11 is 0. The summed E-state index contributed by atoms with van der Waals surface area (Å²) < 4.78 is 2.18. The largest absolute Gasteiger partial charge is 0.372 e. The molecule has 1 saturated carbocycles. The van der Waals surface area contributed by atoms with E-state index in [9.17, 15) is 4.79 Å². The zero-order valence-corrected chi connectivity index (χ0v) is 25.0. The summed E-state index contributed by atoms with van der Waals surface area (Å²) in [4.78, 5) is 31.4. The second-order valence-electron chi connectivity index (χ2n) is 13.1. The minimum absolute atomic E-state index is 0.0398. The van der Waals surface area contributed by atoms with Crippen LogP contribution in [0.25, 0.3) is 11.0 Å². The van der Waals surface area contributed by atoms with Crippen LogP contribution in [0.5, 0.6) is 0 Å². The SMILES string of the molecule is C=N/C(=C\C=C(/C)N1CCN(CCC(C)(C)C)[C@@H](C)C1)Nc1ncc2cc3n(c2n1)C1(CCCCC1)CNC3=O. The van der Waals surface area contributed by atoms with Gasteiger partial charge in [0.05, 0.1) is 5.54 Å². The number of amides is 1. The molecule has 1 saturated heterocycles. The molecule has 0 aromatic carbocycles. The maximum Gasteiger partial charge on any atom is 0.268 e. The molecule has 2 fully saturated rings. The molecular weight excluding hydrogens is 500 g/mol. The predicted molar refractivity (Wildman–Crippen MR) is 163 cm³/mol. The summed E-state index contributed by atoms with van der Waals surface area (Å²) in [5.41, 5.74) is 2.93. The number of carbonyl (C=O) groups excluding carboxylic acids is 1. The van der Waals surface area contributed by atoms with Crippen molar-refractivity contribution in [1.82, 2.24) is 29.7 Å². The number of piperazine rings is 1. The minimum Gasteiger partial charge on any atom is -0.372 e. The maximum absolute atomic E-state index is 12.7. The van der Waals surface area contributed by atoms with Gasteiger partial charge in [0.15, 0.2) is 0 Å². The third kappa shape index (κ3) is 5.94. The molecule has 9 heteroatoms. The van der Waals surface area contributed by atoms with Crippen molar-refractivity contribution in [1.29, 1.82) is 0 Å². The lowest BCUT2D eigenvalue weighted by atomic mass is 9.80. The average molecular weight is 547 g/mol. The van der Waals surface area contributed by atoms with Gasteiger partial charge in [0.1, 0.15) is 17.2 Å². The Balaban J connectivity index is 1.31. The highest BCUT2D eigenvalue weighted by atomic mass is 16.2. The van der Waals surface area contributed by atoms with E-state index in [-0.39, 0.29) is 11.4 Å². The second-order valence-corrected chi connectivity index (χ2v) is 13.1. The number of anilines is 1. The number of nitrogens with zero attached hydrogens (tertiary/aromatic N) is 6. The molecule has 0 radical (unpaired) electrons. The average Bonchev–Trinajstić information content (AvgIpc) is 3.33. The molecule has 4 heterocycles. The van der Waals surface area contributed by atoms with Gasteiger partial charge in [-0.25, -0.2) is 9.98 Å². The number of aliphatic imine (C=N–C) groups is 1. The van der Waals surface area contributed by atoms with Gasteiger partial charge in [-0.1, -0.05) is 40.0 Å². The van der Waals surface area contributed by atoms with E-state index in [1.54, 1.807) is 6.20 Å². The smallest absolute Gasteiger partial charge is 0.268 e. The van der Waals surface area contributed by atoms with Crippen molar-refractivity contribution in [3.8, 4) is 0 Å². The van der Waals surface area contributed by atoms with Crippen LogP contribution in [-0.4, -0.2) is 75.7 Å². The lowest BCUT2D eigenvalue weighted by Crippen LogP contribution is -2.52. The Hall–Kier alpha value is -3.20. The highest BCUT2D eigenvalue weighted by Crippen LogP contribution is 2.40. The van der Waals surface area contributed by atoms with Crippen LogP contribution in [0.1, 0.15) is 83.6 Å². The zero-order valence-electron chi connectivity index (χ0n) is 25.0. The molecule has 2 N–H and O–H groups in total. The molecule has 0 unspecified atom stereocenters. The molecule has 216 valence electrons. The number of nitrogens with one attached hydrogen (secondary N) is 2. The molecule has 9 nitrogen and oxygen atoms in total. The van der Waals surface area contributed by atoms with Crippen molar-refractivity contribution < 1.29 is 4.79 Å². The van der Waals surface area contributed by atoms with Gasteiger partial charge in [-0.05, 0) is 70.0 Å². The molecule has 40 heavy (non-hydrogen) atoms. The van der Waals surface area contributed by atoms with E-state index in [2.05, 4.69) is 82.4 Å². The number of hydrogen-bond acceptors (Lipinski definition) is 7. The van der Waals surface area contributed by atoms with Gasteiger partial charge in [0, 0.05) is 49.5 Å². The Morgan fingerprint density at radius 1 is 1.25 bits per heavy atom. The fourth-order valence-corrected chi connectivity index (χ4v) is 6.40. The van der Waals surface area contributed by atoms with Crippen LogP contribution >= 0.6 is 0 Å². The van der Waals surface area contributed by atoms with Crippen LogP contribution in [0, 0.1) is 5.41 Å². The van der Waals surface area contributed by atoms with Crippen LogP contribution in [0.15, 0.2) is 40.9 Å². The van der Waals surface area contributed by atoms with E-state index in [1.165, 1.54) is 18.5 Å². The predicted octanol–water partition coefficient (Wildman–Crippen LogP) is 5.13. The Bertz CT molecular complexity index is 1310. The van der Waals surface area contributed by atoms with Gasteiger partial charge in [-0.2, -0.15) is 4.98 Å². The third-order valence-corrected chi connectivity index (χ3v) is 8.92. The van der Waals surface area contributed by atoms with E-state index in [0.717, 1.165) is 62.9 Å². The number of aromatic nitrogens is 3. The number of rotatable bonds is 7. The molecule has 2 aromatic heterocycles. The Morgan fingerprint density at radius 2 is 2.02 bits per heavy atom. The first-order chi connectivity index (χ1) is 19.1. The summed E-state index contributed by atoms with van der Waals surface area (Å²) in [5, 5.41) is 7.25. The van der Waals surface area contributed by atoms with E-state index < -0.39 is 0 Å². The summed E-state index contributed by atoms with van der Waals surface area (Å²) in [6, 6.07) is 2.43. The van der Waals surface area contributed by atoms with Crippen LogP contribution in [-0.2, 0) is 5.54 Å². The van der Waals surface area contributed by atoms with E-state index in [4.69, 9.17) is 4.98 Å². The Morgan fingerprint density at radius 3 is 2.73 bits per heavy atom. The summed E-state index contributed by atoms with van der Waals surface area (Å²) in [6.07, 6.45) is 12.7. The van der Waals surface area contributed by atoms with Gasteiger partial charge in [0.2, 0.25) is 5.95 Å². The number of fused-ring (bicyclic) bond motifs is 4. The van der Waals surface area contributed by atoms with Crippen molar-refractivity contribution in [2.75, 3.05) is 38.0 Å². The van der Waals surface area contributed by atoms with Crippen LogP contribution in [0.2, 0.25) is 0 Å². The summed E-state index contributed by atoms with van der Waals surface area (Å²) in [5.74, 6) is 1.00. The summed E-state index contributed by atoms with van der Waals surface area (Å²) in [6.45, 7) is 20.1. The van der Waals surface area contributed by atoms with Crippen LogP contribution < -0.4 is 10.6 Å². The molecule has 1 atom stereocenters. The first-order valence-corrected chi connectivity index (χ1v) is 14.9. The topological polar surface area (TPSA) is 90.7 Å². The molecular formula is C31H46N8O. The molecule has 0 bridgehead atoms. The normalized spacial score (nSPS) is 22.4. The molecule has 1 amide bonds. The third-order valence-electron chi connectivity index (χ3n) is 8.92. The van der Waals surface area contributed by atoms with E-state index >= 15 is 0 Å². The second kappa shape index (κ2) is 11.4. The molecule has 2 aliphatic heterocycles. The quantitative estimate of drug-likeness (QED) is 0.369. The fourth-order valence-electron chi connectivity index (χ4n) is 6.40. The highest BCUT2D eigenvalue weighted by molar-refractivity contribution is 5.99. The van der Waals surface area contributed by atoms with E-state index in [0.29, 0.717) is 35.5 Å². The number of allylic oxidation sites excluding steroid dienone is 3. The molecule has 3 aliphatic rings. The molecule has 2 aromatic rings. The highest BCUT2D eigenvalue weighted by Gasteiger charge is 2.41. The van der Waals surface area contributed by atoms with Crippen molar-refractivity contribution in [2.24, 2.45) is 10.4 Å². The summed E-state index contributed by atoms with van der Waals surface area (Å²) in [7, 11) is 0. The van der Waals surface area contributed by atoms with Gasteiger partial charge in [-0.15, -0.1) is 0 Å². The van der Waals surface area contributed by atoms with Crippen molar-refractivity contribution >= 4 is 29.6 Å². The van der Waals surface area contributed by atoms with Gasteiger partial charge >= 0.3 is 0 Å². The zero-order chi connectivity index (χ0) is 28.5. The Kier molecular flexibility index (Phi) is 8.04. The van der Waals surface area contributed by atoms with Gasteiger partial charge in [0.25, 0.3) is 5.91 Å². The molecule has 5 rings (SSSR count). The molecule has 1 spiro atoms. The van der Waals surface area contributed by atoms with Gasteiger partial charge in [-0.3, -0.25) is 9.69 Å². The van der Waals surface area contributed by atoms with Crippen LogP contribution in [0.4, 0.5) is 5.95 Å². The van der Waals surface area contributed by atoms with Crippen molar-refractivity contribution in [3.63, 3.8) is 0 Å². The van der Waals surface area contributed by atoms with E-state index in [1.807, 2.05) is 12.1 Å². The number of carbonyl (C=O) groups is 1. The minimum atomic E-state index is -0.113. The van der Waals surface area contributed by atoms with Crippen molar-refractivity contribution in [3.05, 3.63) is 41.6 Å². The van der Waals surface area contributed by atoms with Crippen LogP contribution in [0.3, 0.4) is 0 Å².